The van der Waals surface area contributed by atoms with Gasteiger partial charge >= 0.3 is 39.5 Å². The molecule has 0 radical (unpaired) electrons. The molecule has 99 heavy (non-hydrogen) atoms. The van der Waals surface area contributed by atoms with Crippen LogP contribution in [0.5, 0.6) is 0 Å². The van der Waals surface area contributed by atoms with Crippen LogP contribution < -0.4 is 0 Å². The summed E-state index contributed by atoms with van der Waals surface area (Å²) in [6.45, 7) is 11.8. The Bertz CT molecular complexity index is 2020. The van der Waals surface area contributed by atoms with Crippen molar-refractivity contribution in [1.82, 2.24) is 0 Å². The number of aliphatic hydroxyl groups excluding tert-OH is 1. The second-order valence-corrected chi connectivity index (χ2v) is 32.2. The predicted molar refractivity (Wildman–Crippen MR) is 404 cm³/mol. The van der Waals surface area contributed by atoms with Crippen LogP contribution in [-0.4, -0.2) is 96.7 Å². The monoisotopic (exact) mass is 1450 g/mol. The summed E-state index contributed by atoms with van der Waals surface area (Å²) in [7, 11) is -9.93. The highest BCUT2D eigenvalue weighted by Crippen LogP contribution is 2.45. The molecule has 4 unspecified atom stereocenters. The van der Waals surface area contributed by atoms with E-state index in [9.17, 15) is 43.2 Å². The predicted octanol–water partition coefficient (Wildman–Crippen LogP) is 23.3. The van der Waals surface area contributed by atoms with Crippen molar-refractivity contribution in [3.63, 3.8) is 0 Å². The van der Waals surface area contributed by atoms with Crippen LogP contribution >= 0.6 is 15.6 Å². The Kier molecular flexibility index (Phi) is 68.1. The zero-order valence-electron chi connectivity index (χ0n) is 64.4. The van der Waals surface area contributed by atoms with Crippen molar-refractivity contribution < 1.29 is 80.2 Å². The number of carbonyl (C=O) groups excluding carboxylic acids is 4. The van der Waals surface area contributed by atoms with E-state index in [0.717, 1.165) is 121 Å². The molecule has 3 N–H and O–H groups in total. The lowest BCUT2D eigenvalue weighted by Crippen LogP contribution is -2.30. The Hall–Kier alpha value is -2.46. The summed E-state index contributed by atoms with van der Waals surface area (Å²) in [6, 6.07) is 0. The topological polar surface area (TPSA) is 237 Å². The van der Waals surface area contributed by atoms with Gasteiger partial charge in [0, 0.05) is 25.7 Å². The molecule has 17 nitrogen and oxygen atoms in total. The Labute approximate surface area is 605 Å². The molecule has 0 amide bonds. The lowest BCUT2D eigenvalue weighted by Gasteiger charge is -2.21. The van der Waals surface area contributed by atoms with E-state index in [1.807, 2.05) is 0 Å². The third-order valence-corrected chi connectivity index (χ3v) is 20.3. The van der Waals surface area contributed by atoms with Gasteiger partial charge < -0.3 is 33.8 Å². The summed E-state index contributed by atoms with van der Waals surface area (Å²) >= 11 is 0. The average Bonchev–Trinajstić information content (AvgIpc) is 0.974. The maximum atomic E-state index is 13.1. The van der Waals surface area contributed by atoms with E-state index >= 15 is 0 Å². The molecule has 0 heterocycles. The fourth-order valence-corrected chi connectivity index (χ4v) is 13.3. The molecular weight excluding hydrogens is 1290 g/mol. The zero-order chi connectivity index (χ0) is 73.0. The second kappa shape index (κ2) is 69.9. The average molecular weight is 1450 g/mol. The number of phosphoric ester groups is 2. The van der Waals surface area contributed by atoms with Crippen molar-refractivity contribution in [1.29, 1.82) is 0 Å². The summed E-state index contributed by atoms with van der Waals surface area (Å²) in [6.07, 6.45) is 60.7. The largest absolute Gasteiger partial charge is 0.472 e. The van der Waals surface area contributed by atoms with E-state index in [0.29, 0.717) is 31.6 Å². The third-order valence-electron chi connectivity index (χ3n) is 18.4. The lowest BCUT2D eigenvalue weighted by atomic mass is 9.99. The first-order chi connectivity index (χ1) is 47.8. The molecule has 0 fully saturated rings. The summed E-state index contributed by atoms with van der Waals surface area (Å²) in [5.74, 6) is 0.163. The van der Waals surface area contributed by atoms with Crippen molar-refractivity contribution in [2.45, 2.75) is 407 Å². The number of phosphoric acid groups is 2. The molecule has 0 aliphatic heterocycles. The highest BCUT2D eigenvalue weighted by Gasteiger charge is 2.30. The maximum absolute atomic E-state index is 13.1. The number of rotatable bonds is 76. The van der Waals surface area contributed by atoms with E-state index in [-0.39, 0.29) is 25.7 Å². The Morgan fingerprint density at radius 3 is 0.899 bits per heavy atom. The molecule has 0 aromatic heterocycles. The molecule has 19 heteroatoms. The van der Waals surface area contributed by atoms with Crippen molar-refractivity contribution in [2.24, 2.45) is 17.8 Å². The van der Waals surface area contributed by atoms with Crippen molar-refractivity contribution in [3.05, 3.63) is 24.3 Å². The van der Waals surface area contributed by atoms with E-state index < -0.39 is 97.5 Å². The molecule has 0 aliphatic carbocycles. The highest BCUT2D eigenvalue weighted by atomic mass is 31.2. The number of unbranched alkanes of at least 4 members (excludes halogenated alkanes) is 40. The minimum atomic E-state index is -4.97. The van der Waals surface area contributed by atoms with Gasteiger partial charge in [-0.3, -0.25) is 37.3 Å². The fraction of sp³-hybridized carbons (Fsp3) is 0.900. The third kappa shape index (κ3) is 72.3. The summed E-state index contributed by atoms with van der Waals surface area (Å²) in [5.41, 5.74) is 0. The Balaban J connectivity index is 5.20. The number of hydrogen-bond donors (Lipinski definition) is 3. The summed E-state index contributed by atoms with van der Waals surface area (Å²) < 4.78 is 68.5. The number of carbonyl (C=O) groups is 4. The quantitative estimate of drug-likeness (QED) is 0.0169. The van der Waals surface area contributed by atoms with Gasteiger partial charge in [0.05, 0.1) is 26.4 Å². The first-order valence-electron chi connectivity index (χ1n) is 40.7. The van der Waals surface area contributed by atoms with Crippen LogP contribution in [0.1, 0.15) is 389 Å². The van der Waals surface area contributed by atoms with Gasteiger partial charge in [-0.25, -0.2) is 9.13 Å². The van der Waals surface area contributed by atoms with Gasteiger partial charge in [0.2, 0.25) is 0 Å². The molecule has 0 rings (SSSR count). The zero-order valence-corrected chi connectivity index (χ0v) is 66.2. The first kappa shape index (κ1) is 96.5. The normalized spacial score (nSPS) is 14.4. The molecule has 0 spiro atoms. The SMILES string of the molecule is CCCCCC/C=C\C=C/CCCCCCCC(=O)O[C@H](COC(=O)CCCCCCCCCC(C)C)COP(=O)(O)OCC(O)COP(=O)(O)OC[C@@H](COC(=O)CCCCCCCCCCCCCCCCCCCCC(C)CC)OC(=O)CCCCCCCCCCCC(C)C. The number of allylic oxidation sites excluding steroid dienone is 4. The summed E-state index contributed by atoms with van der Waals surface area (Å²) in [5, 5.41) is 10.6. The van der Waals surface area contributed by atoms with E-state index in [1.165, 1.54) is 180 Å². The minimum absolute atomic E-state index is 0.0840. The van der Waals surface area contributed by atoms with Gasteiger partial charge in [-0.2, -0.15) is 0 Å². The second-order valence-electron chi connectivity index (χ2n) is 29.3. The van der Waals surface area contributed by atoms with Gasteiger partial charge in [-0.15, -0.1) is 0 Å². The van der Waals surface area contributed by atoms with Gasteiger partial charge in [0.15, 0.2) is 12.2 Å². The van der Waals surface area contributed by atoms with E-state index in [2.05, 4.69) is 72.8 Å². The van der Waals surface area contributed by atoms with Gasteiger partial charge in [0.1, 0.15) is 19.3 Å². The van der Waals surface area contributed by atoms with Crippen molar-refractivity contribution >= 4 is 39.5 Å². The first-order valence-corrected chi connectivity index (χ1v) is 43.7. The van der Waals surface area contributed by atoms with E-state index in [1.54, 1.807) is 0 Å². The fourth-order valence-electron chi connectivity index (χ4n) is 11.7. The summed E-state index contributed by atoms with van der Waals surface area (Å²) in [4.78, 5) is 72.9. The van der Waals surface area contributed by atoms with Crippen LogP contribution in [0, 0.1) is 17.8 Å². The van der Waals surface area contributed by atoms with Crippen LogP contribution in [0.3, 0.4) is 0 Å². The van der Waals surface area contributed by atoms with E-state index in [4.69, 9.17) is 37.0 Å². The molecule has 6 atom stereocenters. The molecule has 0 saturated carbocycles. The van der Waals surface area contributed by atoms with Crippen LogP contribution in [-0.2, 0) is 65.4 Å². The number of ether oxygens (including phenoxy) is 4. The molecule has 0 bridgehead atoms. The Morgan fingerprint density at radius 1 is 0.333 bits per heavy atom. The molecule has 0 aromatic carbocycles. The van der Waals surface area contributed by atoms with Crippen LogP contribution in [0.4, 0.5) is 0 Å². The van der Waals surface area contributed by atoms with Crippen LogP contribution in [0.25, 0.3) is 0 Å². The van der Waals surface area contributed by atoms with Crippen molar-refractivity contribution in [3.8, 4) is 0 Å². The van der Waals surface area contributed by atoms with Gasteiger partial charge in [-0.05, 0) is 69.1 Å². The van der Waals surface area contributed by atoms with Crippen LogP contribution in [0.15, 0.2) is 24.3 Å². The minimum Gasteiger partial charge on any atom is -0.462 e. The Morgan fingerprint density at radius 2 is 0.596 bits per heavy atom. The standard InChI is InChI=1S/C80H152O17P2/c1-8-10-11-12-13-14-15-16-21-26-29-34-41-49-56-63-79(84)96-76(68-91-78(83)62-55-48-43-36-38-45-52-59-72(5)6)70-95-99(88,89)93-66-74(81)65-92-98(86,87)94-69-75(97-80(85)64-57-50-42-35-30-31-37-44-51-58-71(3)4)67-90-77(82)61-54-47-40-33-28-25-23-20-18-17-19-22-24-27-32-39-46-53-60-73(7)9-2/h14-16,21,71-76,81H,8-13,17-20,22-70H2,1-7H3,(H,86,87)(H,88,89)/b15-14-,21-16-/t73?,74?,75-,76-/m1/s1. The number of hydrogen-bond acceptors (Lipinski definition) is 15. The lowest BCUT2D eigenvalue weighted by molar-refractivity contribution is -0.161. The van der Waals surface area contributed by atoms with Crippen LogP contribution in [0.2, 0.25) is 0 Å². The molecule has 0 aromatic rings. The molecule has 0 aliphatic rings. The number of esters is 4. The molecule has 584 valence electrons. The molecular formula is C80H152O17P2. The van der Waals surface area contributed by atoms with Crippen molar-refractivity contribution in [2.75, 3.05) is 39.6 Å². The smallest absolute Gasteiger partial charge is 0.462 e. The number of aliphatic hydroxyl groups is 1. The highest BCUT2D eigenvalue weighted by molar-refractivity contribution is 7.47. The molecule has 0 saturated heterocycles. The maximum Gasteiger partial charge on any atom is 0.472 e. The van der Waals surface area contributed by atoms with Gasteiger partial charge in [-0.1, -0.05) is 336 Å². The van der Waals surface area contributed by atoms with Gasteiger partial charge in [0.25, 0.3) is 0 Å².